The molecule has 3 heterocycles. The zero-order chi connectivity index (χ0) is 20.8. The zero-order valence-corrected chi connectivity index (χ0v) is 20.8. The molecule has 0 bridgehead atoms. The van der Waals surface area contributed by atoms with E-state index in [4.69, 9.17) is 4.74 Å². The Bertz CT molecular complexity index is 845. The molecule has 0 unspecified atom stereocenters. The molecule has 2 aromatic rings. The van der Waals surface area contributed by atoms with Crippen LogP contribution >= 0.6 is 24.0 Å². The molecule has 168 valence electrons. The van der Waals surface area contributed by atoms with Gasteiger partial charge in [-0.3, -0.25) is 4.99 Å². The van der Waals surface area contributed by atoms with E-state index in [0.29, 0.717) is 0 Å². The van der Waals surface area contributed by atoms with Crippen LogP contribution in [-0.2, 0) is 6.54 Å². The Labute approximate surface area is 202 Å². The second-order valence-electron chi connectivity index (χ2n) is 7.77. The van der Waals surface area contributed by atoms with Crippen molar-refractivity contribution in [1.29, 1.82) is 0 Å². The molecule has 1 aromatic carbocycles. The lowest BCUT2D eigenvalue weighted by Crippen LogP contribution is -2.52. The topological polar surface area (TPSA) is 56.2 Å². The summed E-state index contributed by atoms with van der Waals surface area (Å²) in [6, 6.07) is 12.5. The van der Waals surface area contributed by atoms with Crippen LogP contribution in [0.15, 0.2) is 47.6 Å². The summed E-state index contributed by atoms with van der Waals surface area (Å²) in [5.41, 5.74) is 2.33. The van der Waals surface area contributed by atoms with Gasteiger partial charge in [0.2, 0.25) is 0 Å². The van der Waals surface area contributed by atoms with E-state index >= 15 is 0 Å². The number of benzene rings is 1. The molecule has 0 atom stereocenters. The minimum atomic E-state index is 0. The molecule has 1 N–H and O–H groups in total. The van der Waals surface area contributed by atoms with Crippen LogP contribution in [0.1, 0.15) is 18.4 Å². The molecule has 2 aliphatic heterocycles. The lowest BCUT2D eigenvalue weighted by atomic mass is 10.2. The van der Waals surface area contributed by atoms with E-state index in [9.17, 15) is 0 Å². The first-order chi connectivity index (χ1) is 14.8. The van der Waals surface area contributed by atoms with Gasteiger partial charge in [-0.25, -0.2) is 4.98 Å². The number of piperazine rings is 1. The van der Waals surface area contributed by atoms with Gasteiger partial charge in [0.25, 0.3) is 0 Å². The molecule has 0 aliphatic carbocycles. The number of hydrogen-bond donors (Lipinski definition) is 1. The molecular formula is C23H33IN6O. The predicted molar refractivity (Wildman–Crippen MR) is 138 cm³/mol. The molecule has 2 saturated heterocycles. The summed E-state index contributed by atoms with van der Waals surface area (Å²) in [4.78, 5) is 16.2. The average molecular weight is 536 g/mol. The zero-order valence-electron chi connectivity index (χ0n) is 18.5. The number of pyridine rings is 1. The van der Waals surface area contributed by atoms with Crippen LogP contribution in [0.25, 0.3) is 0 Å². The Morgan fingerprint density at radius 3 is 2.39 bits per heavy atom. The summed E-state index contributed by atoms with van der Waals surface area (Å²) in [6.07, 6.45) is 4.52. The van der Waals surface area contributed by atoms with Gasteiger partial charge in [0.1, 0.15) is 11.6 Å². The predicted octanol–water partition coefficient (Wildman–Crippen LogP) is 3.21. The third-order valence-corrected chi connectivity index (χ3v) is 5.91. The largest absolute Gasteiger partial charge is 0.495 e. The summed E-state index contributed by atoms with van der Waals surface area (Å²) in [5, 5.41) is 3.50. The number of halogens is 1. The Morgan fingerprint density at radius 1 is 1.00 bits per heavy atom. The van der Waals surface area contributed by atoms with Crippen LogP contribution in [-0.4, -0.2) is 69.3 Å². The van der Waals surface area contributed by atoms with Gasteiger partial charge < -0.3 is 24.8 Å². The second kappa shape index (κ2) is 11.4. The number of nitrogens with zero attached hydrogens (tertiary/aromatic N) is 5. The van der Waals surface area contributed by atoms with E-state index in [1.165, 1.54) is 18.4 Å². The fourth-order valence-electron chi connectivity index (χ4n) is 4.22. The van der Waals surface area contributed by atoms with Crippen LogP contribution in [0.2, 0.25) is 0 Å². The summed E-state index contributed by atoms with van der Waals surface area (Å²) in [5.74, 6) is 2.96. The average Bonchev–Trinajstić information content (AvgIpc) is 3.35. The highest BCUT2D eigenvalue weighted by Crippen LogP contribution is 2.28. The Kier molecular flexibility index (Phi) is 8.62. The van der Waals surface area contributed by atoms with Crippen LogP contribution in [0, 0.1) is 0 Å². The molecule has 0 saturated carbocycles. The van der Waals surface area contributed by atoms with Gasteiger partial charge in [0, 0.05) is 59.1 Å². The highest BCUT2D eigenvalue weighted by Gasteiger charge is 2.21. The smallest absolute Gasteiger partial charge is 0.194 e. The van der Waals surface area contributed by atoms with Crippen molar-refractivity contribution in [3.05, 3.63) is 48.2 Å². The second-order valence-corrected chi connectivity index (χ2v) is 7.77. The number of nitrogens with one attached hydrogen (secondary N) is 1. The van der Waals surface area contributed by atoms with Crippen molar-refractivity contribution in [3.8, 4) is 5.75 Å². The van der Waals surface area contributed by atoms with Crippen molar-refractivity contribution in [1.82, 2.24) is 15.2 Å². The van der Waals surface area contributed by atoms with Gasteiger partial charge in [-0.15, -0.1) is 24.0 Å². The van der Waals surface area contributed by atoms with Crippen molar-refractivity contribution in [2.45, 2.75) is 19.4 Å². The Balaban J connectivity index is 0.00000272. The standard InChI is InChI=1S/C23H32N6O.HI/c1-24-23(26-18-19-9-10-22(25-17-19)28-11-5-6-12-28)29-15-13-27(14-16-29)20-7-3-4-8-21(20)30-2;/h3-4,7-10,17H,5-6,11-16,18H2,1-2H3,(H,24,26);1H. The summed E-state index contributed by atoms with van der Waals surface area (Å²) in [7, 11) is 3.58. The lowest BCUT2D eigenvalue weighted by Gasteiger charge is -2.38. The first-order valence-corrected chi connectivity index (χ1v) is 10.8. The molecule has 7 nitrogen and oxygen atoms in total. The van der Waals surface area contributed by atoms with E-state index in [1.54, 1.807) is 7.11 Å². The van der Waals surface area contributed by atoms with Crippen LogP contribution in [0.3, 0.4) is 0 Å². The van der Waals surface area contributed by atoms with E-state index in [0.717, 1.165) is 69.0 Å². The Hall–Kier alpha value is -2.23. The van der Waals surface area contributed by atoms with Gasteiger partial charge in [0.15, 0.2) is 5.96 Å². The fourth-order valence-corrected chi connectivity index (χ4v) is 4.22. The minimum Gasteiger partial charge on any atom is -0.495 e. The highest BCUT2D eigenvalue weighted by molar-refractivity contribution is 14.0. The van der Waals surface area contributed by atoms with Crippen molar-refractivity contribution in [3.63, 3.8) is 0 Å². The maximum Gasteiger partial charge on any atom is 0.194 e. The number of para-hydroxylation sites is 2. The van der Waals surface area contributed by atoms with Crippen molar-refractivity contribution >= 4 is 41.4 Å². The maximum absolute atomic E-state index is 5.52. The number of anilines is 2. The number of methoxy groups -OCH3 is 1. The van der Waals surface area contributed by atoms with Crippen LogP contribution in [0.5, 0.6) is 5.75 Å². The third-order valence-electron chi connectivity index (χ3n) is 5.91. The van der Waals surface area contributed by atoms with Gasteiger partial charge in [0.05, 0.1) is 12.8 Å². The van der Waals surface area contributed by atoms with Crippen molar-refractivity contribution in [2.75, 3.05) is 63.2 Å². The SMILES string of the molecule is CN=C(NCc1ccc(N2CCCC2)nc1)N1CCN(c2ccccc2OC)CC1.I. The summed E-state index contributed by atoms with van der Waals surface area (Å²) in [6.45, 7) is 6.69. The first-order valence-electron chi connectivity index (χ1n) is 10.8. The summed E-state index contributed by atoms with van der Waals surface area (Å²) >= 11 is 0. The number of hydrogen-bond acceptors (Lipinski definition) is 5. The first kappa shape index (κ1) is 23.4. The minimum absolute atomic E-state index is 0. The molecular weight excluding hydrogens is 503 g/mol. The maximum atomic E-state index is 5.52. The lowest BCUT2D eigenvalue weighted by molar-refractivity contribution is 0.367. The number of guanidine groups is 1. The quantitative estimate of drug-likeness (QED) is 0.360. The van der Waals surface area contributed by atoms with E-state index < -0.39 is 0 Å². The number of ether oxygens (including phenoxy) is 1. The normalized spacial score (nSPS) is 16.8. The van der Waals surface area contributed by atoms with Gasteiger partial charge >= 0.3 is 0 Å². The van der Waals surface area contributed by atoms with E-state index in [-0.39, 0.29) is 24.0 Å². The molecule has 2 fully saturated rings. The summed E-state index contributed by atoms with van der Waals surface area (Å²) < 4.78 is 5.52. The van der Waals surface area contributed by atoms with Gasteiger partial charge in [-0.2, -0.15) is 0 Å². The number of aromatic nitrogens is 1. The Morgan fingerprint density at radius 2 is 1.74 bits per heavy atom. The van der Waals surface area contributed by atoms with E-state index in [1.807, 2.05) is 25.4 Å². The number of rotatable bonds is 5. The molecule has 0 amide bonds. The van der Waals surface area contributed by atoms with E-state index in [2.05, 4.69) is 54.3 Å². The van der Waals surface area contributed by atoms with Crippen LogP contribution < -0.4 is 19.9 Å². The molecule has 1 aromatic heterocycles. The van der Waals surface area contributed by atoms with Gasteiger partial charge in [-0.1, -0.05) is 18.2 Å². The number of aliphatic imine (C=N–C) groups is 1. The van der Waals surface area contributed by atoms with Gasteiger partial charge in [-0.05, 0) is 36.6 Å². The van der Waals surface area contributed by atoms with Crippen molar-refractivity contribution < 1.29 is 4.74 Å². The third kappa shape index (κ3) is 5.72. The monoisotopic (exact) mass is 536 g/mol. The molecule has 0 radical (unpaired) electrons. The highest BCUT2D eigenvalue weighted by atomic mass is 127. The molecule has 4 rings (SSSR count). The van der Waals surface area contributed by atoms with Crippen molar-refractivity contribution in [2.24, 2.45) is 4.99 Å². The molecule has 31 heavy (non-hydrogen) atoms. The fraction of sp³-hybridized carbons (Fsp3) is 0.478. The molecule has 8 heteroatoms. The molecule has 0 spiro atoms. The molecule has 2 aliphatic rings. The van der Waals surface area contributed by atoms with Crippen LogP contribution in [0.4, 0.5) is 11.5 Å².